The Balaban J connectivity index is 0.00000200. The van der Waals surface area contributed by atoms with Gasteiger partial charge in [0, 0.05) is 18.4 Å². The Bertz CT molecular complexity index is 614. The summed E-state index contributed by atoms with van der Waals surface area (Å²) in [4.78, 5) is 15.3. The molecular weight excluding hydrogens is 322 g/mol. The van der Waals surface area contributed by atoms with Crippen molar-refractivity contribution in [3.8, 4) is 6.07 Å². The van der Waals surface area contributed by atoms with Gasteiger partial charge in [-0.1, -0.05) is 12.1 Å². The molecule has 1 aromatic heterocycles. The highest BCUT2D eigenvalue weighted by atomic mass is 79.9. The summed E-state index contributed by atoms with van der Waals surface area (Å²) < 4.78 is 6.53. The Hall–Kier alpha value is -2.13. The lowest BCUT2D eigenvalue weighted by molar-refractivity contribution is -0.139. The van der Waals surface area contributed by atoms with Gasteiger partial charge in [-0.15, -0.1) is 17.0 Å². The van der Waals surface area contributed by atoms with E-state index in [0.29, 0.717) is 12.1 Å². The van der Waals surface area contributed by atoms with E-state index in [1.54, 1.807) is 24.7 Å². The van der Waals surface area contributed by atoms with E-state index in [1.807, 2.05) is 16.7 Å². The molecule has 104 valence electrons. The van der Waals surface area contributed by atoms with E-state index in [4.69, 9.17) is 5.26 Å². The molecular formula is C14H14BrN3O2. The molecule has 5 nitrogen and oxygen atoms in total. The van der Waals surface area contributed by atoms with Gasteiger partial charge in [-0.25, -0.2) is 4.98 Å². The highest BCUT2D eigenvalue weighted by molar-refractivity contribution is 8.93. The SMILES string of the molecule is Br.COC(=O)Cc1cncn1Cc1ccc(C#N)cc1. The van der Waals surface area contributed by atoms with Crippen LogP contribution in [0.15, 0.2) is 36.8 Å². The predicted molar refractivity (Wildman–Crippen MR) is 78.5 cm³/mol. The molecule has 0 radical (unpaired) electrons. The fourth-order valence-electron chi connectivity index (χ4n) is 1.74. The first-order chi connectivity index (χ1) is 9.22. The van der Waals surface area contributed by atoms with Crippen LogP contribution in [0.5, 0.6) is 0 Å². The predicted octanol–water partition coefficient (Wildman–Crippen LogP) is 2.10. The van der Waals surface area contributed by atoms with Gasteiger partial charge in [0.05, 0.1) is 31.5 Å². The lowest BCUT2D eigenvalue weighted by atomic mass is 10.1. The van der Waals surface area contributed by atoms with E-state index < -0.39 is 0 Å². The molecule has 0 aliphatic heterocycles. The fourth-order valence-corrected chi connectivity index (χ4v) is 1.74. The van der Waals surface area contributed by atoms with E-state index in [9.17, 15) is 4.79 Å². The largest absolute Gasteiger partial charge is 0.469 e. The number of halogens is 1. The third kappa shape index (κ3) is 3.93. The summed E-state index contributed by atoms with van der Waals surface area (Å²) in [6.45, 7) is 0.609. The van der Waals surface area contributed by atoms with Crippen molar-refractivity contribution in [3.63, 3.8) is 0 Å². The Morgan fingerprint density at radius 2 is 2.10 bits per heavy atom. The number of benzene rings is 1. The van der Waals surface area contributed by atoms with Crippen LogP contribution < -0.4 is 0 Å². The minimum atomic E-state index is -0.290. The number of carbonyl (C=O) groups excluding carboxylic acids is 1. The molecule has 0 unspecified atom stereocenters. The van der Waals surface area contributed by atoms with Crippen LogP contribution in [0, 0.1) is 11.3 Å². The van der Waals surface area contributed by atoms with Gasteiger partial charge in [0.1, 0.15) is 0 Å². The molecule has 0 atom stereocenters. The Labute approximate surface area is 127 Å². The first-order valence-electron chi connectivity index (χ1n) is 5.78. The number of imidazole rings is 1. The van der Waals surface area contributed by atoms with Gasteiger partial charge in [0.2, 0.25) is 0 Å². The van der Waals surface area contributed by atoms with Crippen molar-refractivity contribution < 1.29 is 9.53 Å². The number of methoxy groups -OCH3 is 1. The molecule has 0 aliphatic rings. The van der Waals surface area contributed by atoms with Crippen LogP contribution in [-0.2, 0) is 22.5 Å². The molecule has 0 saturated heterocycles. The quantitative estimate of drug-likeness (QED) is 0.802. The molecule has 6 heteroatoms. The Morgan fingerprint density at radius 3 is 2.70 bits per heavy atom. The van der Waals surface area contributed by atoms with Crippen LogP contribution >= 0.6 is 17.0 Å². The van der Waals surface area contributed by atoms with Crippen LogP contribution in [0.3, 0.4) is 0 Å². The number of aromatic nitrogens is 2. The van der Waals surface area contributed by atoms with Crippen molar-refractivity contribution >= 4 is 23.0 Å². The maximum atomic E-state index is 11.3. The van der Waals surface area contributed by atoms with E-state index >= 15 is 0 Å². The Morgan fingerprint density at radius 1 is 1.40 bits per heavy atom. The highest BCUT2D eigenvalue weighted by Crippen LogP contribution is 2.09. The molecule has 1 heterocycles. The summed E-state index contributed by atoms with van der Waals surface area (Å²) in [5.74, 6) is -0.290. The smallest absolute Gasteiger partial charge is 0.311 e. The summed E-state index contributed by atoms with van der Waals surface area (Å²) in [5, 5.41) is 8.74. The molecule has 0 bridgehead atoms. The molecule has 20 heavy (non-hydrogen) atoms. The summed E-state index contributed by atoms with van der Waals surface area (Å²) in [7, 11) is 1.36. The zero-order valence-electron chi connectivity index (χ0n) is 10.9. The number of nitrogens with zero attached hydrogens (tertiary/aromatic N) is 3. The monoisotopic (exact) mass is 335 g/mol. The molecule has 0 aliphatic carbocycles. The lowest BCUT2D eigenvalue weighted by Gasteiger charge is -2.07. The van der Waals surface area contributed by atoms with Gasteiger partial charge in [0.25, 0.3) is 0 Å². The number of rotatable bonds is 4. The lowest BCUT2D eigenvalue weighted by Crippen LogP contribution is -2.10. The second-order valence-corrected chi connectivity index (χ2v) is 4.07. The zero-order valence-corrected chi connectivity index (χ0v) is 12.7. The molecule has 2 rings (SSSR count). The van der Waals surface area contributed by atoms with Gasteiger partial charge < -0.3 is 9.30 Å². The normalized spacial score (nSPS) is 9.40. The maximum absolute atomic E-state index is 11.3. The van der Waals surface area contributed by atoms with E-state index in [-0.39, 0.29) is 29.4 Å². The average Bonchev–Trinajstić information content (AvgIpc) is 2.86. The highest BCUT2D eigenvalue weighted by Gasteiger charge is 2.08. The standard InChI is InChI=1S/C14H13N3O2.BrH/c1-19-14(18)6-13-8-16-10-17(13)9-12-4-2-11(7-15)3-5-12;/h2-5,8,10H,6,9H2,1H3;1H. The van der Waals surface area contributed by atoms with Gasteiger partial charge in [-0.2, -0.15) is 5.26 Å². The molecule has 1 aromatic carbocycles. The van der Waals surface area contributed by atoms with E-state index in [0.717, 1.165) is 11.3 Å². The van der Waals surface area contributed by atoms with Crippen molar-refractivity contribution in [1.29, 1.82) is 5.26 Å². The Kier molecular flexibility index (Phi) is 5.94. The minimum Gasteiger partial charge on any atom is -0.469 e. The van der Waals surface area contributed by atoms with Gasteiger partial charge in [0.15, 0.2) is 0 Å². The van der Waals surface area contributed by atoms with E-state index in [2.05, 4.69) is 15.8 Å². The van der Waals surface area contributed by atoms with Crippen molar-refractivity contribution in [2.24, 2.45) is 0 Å². The summed E-state index contributed by atoms with van der Waals surface area (Å²) in [6.07, 6.45) is 3.53. The first-order valence-corrected chi connectivity index (χ1v) is 5.78. The summed E-state index contributed by atoms with van der Waals surface area (Å²) >= 11 is 0. The van der Waals surface area contributed by atoms with Crippen LogP contribution in [0.1, 0.15) is 16.8 Å². The number of esters is 1. The number of hydrogen-bond donors (Lipinski definition) is 0. The first kappa shape index (κ1) is 15.9. The number of ether oxygens (including phenoxy) is 1. The van der Waals surface area contributed by atoms with Crippen LogP contribution in [0.4, 0.5) is 0 Å². The minimum absolute atomic E-state index is 0. The topological polar surface area (TPSA) is 67.9 Å². The van der Waals surface area contributed by atoms with Crippen LogP contribution in [-0.4, -0.2) is 22.6 Å². The molecule has 0 amide bonds. The van der Waals surface area contributed by atoms with Gasteiger partial charge in [-0.3, -0.25) is 4.79 Å². The summed E-state index contributed by atoms with van der Waals surface area (Å²) in [5.41, 5.74) is 2.48. The fraction of sp³-hybridized carbons (Fsp3) is 0.214. The van der Waals surface area contributed by atoms with Crippen LogP contribution in [0.25, 0.3) is 0 Å². The number of nitriles is 1. The summed E-state index contributed by atoms with van der Waals surface area (Å²) in [6, 6.07) is 9.40. The number of hydrogen-bond acceptors (Lipinski definition) is 4. The van der Waals surface area contributed by atoms with Crippen LogP contribution in [0.2, 0.25) is 0 Å². The van der Waals surface area contributed by atoms with Gasteiger partial charge in [-0.05, 0) is 17.7 Å². The molecule has 0 saturated carbocycles. The second kappa shape index (κ2) is 7.46. The second-order valence-electron chi connectivity index (χ2n) is 4.07. The average molecular weight is 336 g/mol. The molecule has 0 fully saturated rings. The number of carbonyl (C=O) groups is 1. The third-order valence-electron chi connectivity index (χ3n) is 2.79. The molecule has 2 aromatic rings. The van der Waals surface area contributed by atoms with E-state index in [1.165, 1.54) is 7.11 Å². The third-order valence-corrected chi connectivity index (χ3v) is 2.79. The molecule has 0 spiro atoms. The molecule has 0 N–H and O–H groups in total. The van der Waals surface area contributed by atoms with Crippen molar-refractivity contribution in [3.05, 3.63) is 53.6 Å². The van der Waals surface area contributed by atoms with Crippen molar-refractivity contribution in [1.82, 2.24) is 9.55 Å². The van der Waals surface area contributed by atoms with Crippen molar-refractivity contribution in [2.75, 3.05) is 7.11 Å². The zero-order chi connectivity index (χ0) is 13.7. The van der Waals surface area contributed by atoms with Crippen molar-refractivity contribution in [2.45, 2.75) is 13.0 Å². The van der Waals surface area contributed by atoms with Gasteiger partial charge >= 0.3 is 5.97 Å². The maximum Gasteiger partial charge on any atom is 0.311 e.